The minimum absolute atomic E-state index is 0.0445. The van der Waals surface area contributed by atoms with E-state index in [0.717, 1.165) is 11.1 Å². The zero-order valence-electron chi connectivity index (χ0n) is 15.3. The zero-order valence-corrected chi connectivity index (χ0v) is 16.0. The third-order valence-electron chi connectivity index (χ3n) is 5.26. The molecule has 1 amide bonds. The maximum absolute atomic E-state index is 13.0. The molecule has 0 radical (unpaired) electrons. The lowest BCUT2D eigenvalue weighted by Crippen LogP contribution is -2.30. The summed E-state index contributed by atoms with van der Waals surface area (Å²) in [7, 11) is 0. The van der Waals surface area contributed by atoms with Crippen LogP contribution >= 0.6 is 11.6 Å². The first-order valence-electron chi connectivity index (χ1n) is 9.08. The number of amides is 1. The molecule has 7 nitrogen and oxygen atoms in total. The van der Waals surface area contributed by atoms with Crippen molar-refractivity contribution >= 4 is 17.5 Å². The molecule has 1 aliphatic rings. The lowest BCUT2D eigenvalue weighted by molar-refractivity contribution is 0.0756. The number of aliphatic hydroxyl groups is 1. The summed E-state index contributed by atoms with van der Waals surface area (Å²) in [5.74, 6) is -0.132. The van der Waals surface area contributed by atoms with Crippen LogP contribution in [0.1, 0.15) is 28.9 Å². The van der Waals surface area contributed by atoms with Crippen LogP contribution in [0.2, 0.25) is 5.02 Å². The Morgan fingerprint density at radius 1 is 1.25 bits per heavy atom. The van der Waals surface area contributed by atoms with Crippen LogP contribution < -0.4 is 0 Å². The fraction of sp³-hybridized carbons (Fsp3) is 0.300. The monoisotopic (exact) mass is 397 g/mol. The average Bonchev–Trinajstić information content (AvgIpc) is 3.37. The predicted molar refractivity (Wildman–Crippen MR) is 105 cm³/mol. The van der Waals surface area contributed by atoms with Crippen molar-refractivity contribution in [2.24, 2.45) is 5.92 Å². The maximum atomic E-state index is 13.0. The lowest BCUT2D eigenvalue weighted by Gasteiger charge is -2.20. The molecule has 1 aromatic carbocycles. The number of nitrogens with one attached hydrogen (secondary N) is 1. The van der Waals surface area contributed by atoms with Gasteiger partial charge in [0.15, 0.2) is 0 Å². The number of carbonyl (C=O) groups is 1. The highest BCUT2D eigenvalue weighted by molar-refractivity contribution is 6.30. The quantitative estimate of drug-likeness (QED) is 0.705. The molecule has 144 valence electrons. The van der Waals surface area contributed by atoms with Gasteiger partial charge in [-0.25, -0.2) is 0 Å². The molecule has 0 bridgehead atoms. The van der Waals surface area contributed by atoms with Crippen molar-refractivity contribution in [3.8, 4) is 11.3 Å². The van der Waals surface area contributed by atoms with Gasteiger partial charge in [0.1, 0.15) is 5.69 Å². The Morgan fingerprint density at radius 3 is 2.71 bits per heavy atom. The maximum Gasteiger partial charge on any atom is 0.271 e. The third kappa shape index (κ3) is 3.63. The van der Waals surface area contributed by atoms with Gasteiger partial charge in [0.05, 0.1) is 24.2 Å². The van der Waals surface area contributed by atoms with Crippen LogP contribution in [-0.2, 0) is 0 Å². The van der Waals surface area contributed by atoms with E-state index in [4.69, 9.17) is 11.6 Å². The van der Waals surface area contributed by atoms with Gasteiger partial charge in [0, 0.05) is 35.5 Å². The number of hydrogen-bond donors (Lipinski definition) is 2. The van der Waals surface area contributed by atoms with Crippen LogP contribution in [0.3, 0.4) is 0 Å². The average molecular weight is 398 g/mol. The van der Waals surface area contributed by atoms with Crippen molar-refractivity contribution in [3.05, 3.63) is 65.1 Å². The number of rotatable bonds is 4. The van der Waals surface area contributed by atoms with E-state index in [2.05, 4.69) is 20.4 Å². The number of halogens is 1. The molecule has 1 saturated heterocycles. The molecule has 4 rings (SSSR count). The molecule has 0 aliphatic carbocycles. The van der Waals surface area contributed by atoms with Crippen molar-refractivity contribution in [2.75, 3.05) is 13.1 Å². The molecule has 2 aromatic heterocycles. The Labute approximate surface area is 167 Å². The Morgan fingerprint density at radius 2 is 2.04 bits per heavy atom. The van der Waals surface area contributed by atoms with Gasteiger partial charge in [0.2, 0.25) is 0 Å². The number of nitrogens with zero attached hydrogens (tertiary/aromatic N) is 4. The topological polar surface area (TPSA) is 95.0 Å². The van der Waals surface area contributed by atoms with Crippen molar-refractivity contribution in [2.45, 2.75) is 18.9 Å². The minimum Gasteiger partial charge on any atom is -0.393 e. The zero-order chi connectivity index (χ0) is 19.7. The van der Waals surface area contributed by atoms with Gasteiger partial charge >= 0.3 is 0 Å². The summed E-state index contributed by atoms with van der Waals surface area (Å²) in [6, 6.07) is 11.1. The van der Waals surface area contributed by atoms with E-state index in [1.807, 2.05) is 24.3 Å². The summed E-state index contributed by atoms with van der Waals surface area (Å²) >= 11 is 6.00. The number of aromatic amines is 1. The predicted octanol–water partition coefficient (Wildman–Crippen LogP) is 2.76. The lowest BCUT2D eigenvalue weighted by atomic mass is 9.86. The normalized spacial score (nSPS) is 20.3. The Kier molecular flexibility index (Phi) is 5.11. The van der Waals surface area contributed by atoms with Crippen LogP contribution in [0.5, 0.6) is 0 Å². The van der Waals surface area contributed by atoms with Crippen LogP contribution in [0.4, 0.5) is 0 Å². The molecule has 0 unspecified atom stereocenters. The number of aromatic nitrogens is 4. The fourth-order valence-electron chi connectivity index (χ4n) is 3.74. The standard InChI is InChI=1S/C20H20ClN5O2/c1-12(27)16-10-26(11-17(16)13-2-4-15(21)5-3-13)20(28)19-8-18(24-25-19)14-6-7-22-23-9-14/h2-9,12,16-17,27H,10-11H2,1H3,(H,24,25)/t12-,16+,17+/m1/s1. The Bertz CT molecular complexity index is 958. The summed E-state index contributed by atoms with van der Waals surface area (Å²) in [6.45, 7) is 2.78. The molecular weight excluding hydrogens is 378 g/mol. The first kappa shape index (κ1) is 18.6. The van der Waals surface area contributed by atoms with Gasteiger partial charge in [0.25, 0.3) is 5.91 Å². The minimum atomic E-state index is -0.529. The van der Waals surface area contributed by atoms with E-state index in [0.29, 0.717) is 29.5 Å². The first-order valence-corrected chi connectivity index (χ1v) is 9.46. The third-order valence-corrected chi connectivity index (χ3v) is 5.51. The molecule has 0 spiro atoms. The van der Waals surface area contributed by atoms with Gasteiger partial charge in [-0.15, -0.1) is 0 Å². The number of benzene rings is 1. The van der Waals surface area contributed by atoms with E-state index in [1.165, 1.54) is 0 Å². The summed E-state index contributed by atoms with van der Waals surface area (Å²) < 4.78 is 0. The molecule has 8 heteroatoms. The number of aliphatic hydroxyl groups excluding tert-OH is 1. The van der Waals surface area contributed by atoms with Gasteiger partial charge in [-0.05, 0) is 36.8 Å². The Balaban J connectivity index is 1.55. The van der Waals surface area contributed by atoms with E-state index < -0.39 is 6.10 Å². The molecule has 3 heterocycles. The van der Waals surface area contributed by atoms with Gasteiger partial charge in [-0.3, -0.25) is 9.89 Å². The second-order valence-corrected chi connectivity index (χ2v) is 7.51. The van der Waals surface area contributed by atoms with Crippen LogP contribution in [0.25, 0.3) is 11.3 Å². The number of hydrogen-bond acceptors (Lipinski definition) is 5. The number of carbonyl (C=O) groups excluding carboxylic acids is 1. The van der Waals surface area contributed by atoms with Crippen LogP contribution in [-0.4, -0.2) is 55.5 Å². The van der Waals surface area contributed by atoms with Crippen molar-refractivity contribution in [3.63, 3.8) is 0 Å². The number of H-pyrrole nitrogens is 1. The fourth-order valence-corrected chi connectivity index (χ4v) is 3.86. The molecule has 1 aliphatic heterocycles. The molecule has 3 aromatic rings. The second kappa shape index (κ2) is 7.69. The highest BCUT2D eigenvalue weighted by Gasteiger charge is 2.39. The highest BCUT2D eigenvalue weighted by atomic mass is 35.5. The molecule has 28 heavy (non-hydrogen) atoms. The molecular formula is C20H20ClN5O2. The van der Waals surface area contributed by atoms with Gasteiger partial charge < -0.3 is 10.0 Å². The molecule has 3 atom stereocenters. The van der Waals surface area contributed by atoms with E-state index in [9.17, 15) is 9.90 Å². The van der Waals surface area contributed by atoms with E-state index >= 15 is 0 Å². The van der Waals surface area contributed by atoms with Crippen molar-refractivity contribution < 1.29 is 9.90 Å². The largest absolute Gasteiger partial charge is 0.393 e. The van der Waals surface area contributed by atoms with Crippen molar-refractivity contribution in [1.29, 1.82) is 0 Å². The summed E-state index contributed by atoms with van der Waals surface area (Å²) in [5.41, 5.74) is 2.90. The highest BCUT2D eigenvalue weighted by Crippen LogP contribution is 2.36. The first-order chi connectivity index (χ1) is 13.5. The smallest absolute Gasteiger partial charge is 0.271 e. The van der Waals surface area contributed by atoms with Crippen LogP contribution in [0, 0.1) is 5.92 Å². The van der Waals surface area contributed by atoms with E-state index in [1.54, 1.807) is 36.4 Å². The molecule has 1 fully saturated rings. The van der Waals surface area contributed by atoms with Crippen LogP contribution in [0.15, 0.2) is 48.8 Å². The molecule has 0 saturated carbocycles. The van der Waals surface area contributed by atoms with Gasteiger partial charge in [-0.1, -0.05) is 23.7 Å². The van der Waals surface area contributed by atoms with Gasteiger partial charge in [-0.2, -0.15) is 15.3 Å². The molecule has 2 N–H and O–H groups in total. The van der Waals surface area contributed by atoms with E-state index in [-0.39, 0.29) is 17.7 Å². The second-order valence-electron chi connectivity index (χ2n) is 7.07. The summed E-state index contributed by atoms with van der Waals surface area (Å²) in [4.78, 5) is 14.8. The summed E-state index contributed by atoms with van der Waals surface area (Å²) in [6.07, 6.45) is 2.65. The SMILES string of the molecule is C[C@@H](O)[C@@H]1CN(C(=O)c2cc(-c3ccnnc3)n[nH]2)C[C@H]1c1ccc(Cl)cc1. The number of likely N-dealkylation sites (tertiary alicyclic amines) is 1. The summed E-state index contributed by atoms with van der Waals surface area (Å²) in [5, 5.41) is 25.5. The Hall–Kier alpha value is -2.77. The van der Waals surface area contributed by atoms with Crippen molar-refractivity contribution in [1.82, 2.24) is 25.3 Å².